The Morgan fingerprint density at radius 3 is 2.45 bits per heavy atom. The summed E-state index contributed by atoms with van der Waals surface area (Å²) in [5.41, 5.74) is 6.02. The molecular formula is C9H18N2. The summed E-state index contributed by atoms with van der Waals surface area (Å²) in [4.78, 5) is 2.36. The highest BCUT2D eigenvalue weighted by atomic mass is 15.1. The summed E-state index contributed by atoms with van der Waals surface area (Å²) in [6, 6.07) is 0. The fraction of sp³-hybridized carbons (Fsp3) is 0.778. The van der Waals surface area contributed by atoms with Gasteiger partial charge in [-0.2, -0.15) is 0 Å². The minimum absolute atomic E-state index is 0.00792. The summed E-state index contributed by atoms with van der Waals surface area (Å²) in [5.74, 6) is 0. The van der Waals surface area contributed by atoms with Gasteiger partial charge in [0.1, 0.15) is 0 Å². The van der Waals surface area contributed by atoms with Crippen molar-refractivity contribution >= 4 is 0 Å². The van der Waals surface area contributed by atoms with Crippen molar-refractivity contribution in [1.82, 2.24) is 4.90 Å². The van der Waals surface area contributed by atoms with Gasteiger partial charge in [-0.15, -0.1) is 0 Å². The van der Waals surface area contributed by atoms with Crippen molar-refractivity contribution in [3.8, 4) is 0 Å². The van der Waals surface area contributed by atoms with E-state index in [9.17, 15) is 0 Å². The summed E-state index contributed by atoms with van der Waals surface area (Å²) < 4.78 is 0. The monoisotopic (exact) mass is 154 g/mol. The molecule has 1 unspecified atom stereocenters. The average molecular weight is 154 g/mol. The molecule has 2 nitrogen and oxygen atoms in total. The van der Waals surface area contributed by atoms with Crippen molar-refractivity contribution in [2.45, 2.75) is 25.8 Å². The molecule has 0 aromatic heterocycles. The summed E-state index contributed by atoms with van der Waals surface area (Å²) in [6.07, 6.45) is 5.45. The molecule has 1 aliphatic heterocycles. The van der Waals surface area contributed by atoms with E-state index in [-0.39, 0.29) is 5.54 Å². The van der Waals surface area contributed by atoms with Crippen LogP contribution in [0.4, 0.5) is 0 Å². The molecule has 0 aromatic rings. The Balaban J connectivity index is 2.30. The molecule has 0 aliphatic carbocycles. The van der Waals surface area contributed by atoms with E-state index >= 15 is 0 Å². The molecule has 1 rings (SSSR count). The fourth-order valence-electron chi connectivity index (χ4n) is 1.27. The zero-order valence-electron chi connectivity index (χ0n) is 7.51. The van der Waals surface area contributed by atoms with Gasteiger partial charge in [0.2, 0.25) is 0 Å². The van der Waals surface area contributed by atoms with E-state index in [1.165, 1.54) is 0 Å². The normalized spacial score (nSPS) is 23.9. The molecule has 0 bridgehead atoms. The number of hydrogen-bond donors (Lipinski definition) is 1. The molecular weight excluding hydrogens is 136 g/mol. The Morgan fingerprint density at radius 1 is 1.45 bits per heavy atom. The number of nitrogens with two attached hydrogens (primary N) is 1. The lowest BCUT2D eigenvalue weighted by Crippen LogP contribution is -2.46. The highest BCUT2D eigenvalue weighted by molar-refractivity contribution is 4.97. The number of nitrogens with zero attached hydrogens (tertiary/aromatic N) is 1. The van der Waals surface area contributed by atoms with Crippen molar-refractivity contribution in [2.75, 3.05) is 19.6 Å². The van der Waals surface area contributed by atoms with Crippen LogP contribution in [0.2, 0.25) is 0 Å². The van der Waals surface area contributed by atoms with Gasteiger partial charge in [-0.25, -0.2) is 0 Å². The highest BCUT2D eigenvalue weighted by Gasteiger charge is 2.19. The van der Waals surface area contributed by atoms with Crippen LogP contribution in [0.1, 0.15) is 20.3 Å². The molecule has 1 atom stereocenters. The van der Waals surface area contributed by atoms with Gasteiger partial charge < -0.3 is 5.73 Å². The van der Waals surface area contributed by atoms with E-state index in [4.69, 9.17) is 5.73 Å². The maximum atomic E-state index is 6.03. The summed E-state index contributed by atoms with van der Waals surface area (Å²) in [5, 5.41) is 0. The lowest BCUT2D eigenvalue weighted by Gasteiger charge is -2.28. The Kier molecular flexibility index (Phi) is 2.68. The van der Waals surface area contributed by atoms with E-state index in [0.717, 1.165) is 26.1 Å². The molecule has 0 amide bonds. The predicted octanol–water partition coefficient (Wildman–Crippen LogP) is 0.986. The van der Waals surface area contributed by atoms with Crippen LogP contribution in [0.3, 0.4) is 0 Å². The van der Waals surface area contributed by atoms with Gasteiger partial charge in [0, 0.05) is 25.2 Å². The standard InChI is InChI=1S/C9H18N2/c1-3-9(2,10)8-11-6-4-5-7-11/h4-5H,3,6-8,10H2,1-2H3. The Morgan fingerprint density at radius 2 is 2.00 bits per heavy atom. The molecule has 1 aliphatic rings. The molecule has 0 saturated heterocycles. The smallest absolute Gasteiger partial charge is 0.0252 e. The van der Waals surface area contributed by atoms with Gasteiger partial charge in [0.05, 0.1) is 0 Å². The largest absolute Gasteiger partial charge is 0.324 e. The minimum atomic E-state index is -0.00792. The van der Waals surface area contributed by atoms with Crippen molar-refractivity contribution in [3.63, 3.8) is 0 Å². The van der Waals surface area contributed by atoms with E-state index in [1.807, 2.05) is 0 Å². The maximum absolute atomic E-state index is 6.03. The molecule has 0 fully saturated rings. The van der Waals surface area contributed by atoms with Crippen LogP contribution < -0.4 is 5.73 Å². The third-order valence-electron chi connectivity index (χ3n) is 2.29. The molecule has 0 aromatic carbocycles. The zero-order valence-corrected chi connectivity index (χ0v) is 7.51. The van der Waals surface area contributed by atoms with Crippen LogP contribution in [0.25, 0.3) is 0 Å². The van der Waals surface area contributed by atoms with Gasteiger partial charge in [0.15, 0.2) is 0 Å². The molecule has 2 N–H and O–H groups in total. The summed E-state index contributed by atoms with van der Waals surface area (Å²) in [6.45, 7) is 7.42. The fourth-order valence-corrected chi connectivity index (χ4v) is 1.27. The van der Waals surface area contributed by atoms with Crippen LogP contribution in [-0.2, 0) is 0 Å². The van der Waals surface area contributed by atoms with Crippen molar-refractivity contribution < 1.29 is 0 Å². The van der Waals surface area contributed by atoms with Gasteiger partial charge >= 0.3 is 0 Å². The summed E-state index contributed by atoms with van der Waals surface area (Å²) >= 11 is 0. The quantitative estimate of drug-likeness (QED) is 0.614. The molecule has 1 heterocycles. The van der Waals surface area contributed by atoms with Gasteiger partial charge in [-0.05, 0) is 13.3 Å². The predicted molar refractivity (Wildman–Crippen MR) is 48.5 cm³/mol. The zero-order chi connectivity index (χ0) is 8.32. The van der Waals surface area contributed by atoms with Crippen LogP contribution >= 0.6 is 0 Å². The molecule has 0 spiro atoms. The molecule has 0 saturated carbocycles. The second-order valence-electron chi connectivity index (χ2n) is 3.67. The first-order valence-corrected chi connectivity index (χ1v) is 4.30. The maximum Gasteiger partial charge on any atom is 0.0252 e. The first-order valence-electron chi connectivity index (χ1n) is 4.30. The molecule has 0 radical (unpaired) electrons. The second-order valence-corrected chi connectivity index (χ2v) is 3.67. The van der Waals surface area contributed by atoms with Crippen LogP contribution in [0.15, 0.2) is 12.2 Å². The first-order chi connectivity index (χ1) is 5.14. The van der Waals surface area contributed by atoms with Crippen molar-refractivity contribution in [1.29, 1.82) is 0 Å². The van der Waals surface area contributed by atoms with Gasteiger partial charge in [0.25, 0.3) is 0 Å². The SMILES string of the molecule is CCC(C)(N)CN1CC=CC1. The van der Waals surface area contributed by atoms with Crippen LogP contribution in [-0.4, -0.2) is 30.1 Å². The van der Waals surface area contributed by atoms with E-state index in [1.54, 1.807) is 0 Å². The Hall–Kier alpha value is -0.340. The Labute approximate surface area is 69.1 Å². The van der Waals surface area contributed by atoms with Crippen molar-refractivity contribution in [3.05, 3.63) is 12.2 Å². The highest BCUT2D eigenvalue weighted by Crippen LogP contribution is 2.09. The van der Waals surface area contributed by atoms with E-state index < -0.39 is 0 Å². The molecule has 2 heteroatoms. The third kappa shape index (κ3) is 2.64. The topological polar surface area (TPSA) is 29.3 Å². The van der Waals surface area contributed by atoms with Crippen LogP contribution in [0.5, 0.6) is 0 Å². The summed E-state index contributed by atoms with van der Waals surface area (Å²) in [7, 11) is 0. The lowest BCUT2D eigenvalue weighted by molar-refractivity contribution is 0.262. The van der Waals surface area contributed by atoms with E-state index in [2.05, 4.69) is 30.9 Å². The van der Waals surface area contributed by atoms with Crippen molar-refractivity contribution in [2.24, 2.45) is 5.73 Å². The van der Waals surface area contributed by atoms with Gasteiger partial charge in [-0.3, -0.25) is 4.90 Å². The average Bonchev–Trinajstić information content (AvgIpc) is 2.39. The minimum Gasteiger partial charge on any atom is -0.324 e. The van der Waals surface area contributed by atoms with Gasteiger partial charge in [-0.1, -0.05) is 19.1 Å². The Bertz CT molecular complexity index is 142. The second kappa shape index (κ2) is 3.37. The number of hydrogen-bond acceptors (Lipinski definition) is 2. The molecule has 64 valence electrons. The third-order valence-corrected chi connectivity index (χ3v) is 2.29. The lowest BCUT2D eigenvalue weighted by atomic mass is 10.0. The number of rotatable bonds is 3. The van der Waals surface area contributed by atoms with E-state index in [0.29, 0.717) is 0 Å². The first kappa shape index (κ1) is 8.75. The molecule has 11 heavy (non-hydrogen) atoms. The van der Waals surface area contributed by atoms with Crippen LogP contribution in [0, 0.1) is 0 Å².